The van der Waals surface area contributed by atoms with Gasteiger partial charge in [0.15, 0.2) is 5.82 Å². The second kappa shape index (κ2) is 8.10. The third-order valence-electron chi connectivity index (χ3n) is 4.52. The molecule has 25 heavy (non-hydrogen) atoms. The summed E-state index contributed by atoms with van der Waals surface area (Å²) in [4.78, 5) is 14.5. The molecule has 1 aliphatic heterocycles. The molecule has 1 aromatic carbocycles. The van der Waals surface area contributed by atoms with Gasteiger partial charge in [0.2, 0.25) is 5.91 Å². The lowest BCUT2D eigenvalue weighted by Gasteiger charge is -2.32. The van der Waals surface area contributed by atoms with E-state index in [2.05, 4.69) is 34.3 Å². The van der Waals surface area contributed by atoms with Gasteiger partial charge >= 0.3 is 0 Å². The second-order valence-electron chi connectivity index (χ2n) is 7.07. The fourth-order valence-electron chi connectivity index (χ4n) is 3.11. The van der Waals surface area contributed by atoms with Crippen LogP contribution in [0.4, 0.5) is 5.82 Å². The molecule has 0 unspecified atom stereocenters. The van der Waals surface area contributed by atoms with E-state index in [1.165, 1.54) is 0 Å². The molecule has 5 heteroatoms. The Kier molecular flexibility index (Phi) is 5.64. The third-order valence-corrected chi connectivity index (χ3v) is 4.52. The number of carbonyl (C=O) groups is 1. The Morgan fingerprint density at radius 1 is 1.20 bits per heavy atom. The molecule has 0 saturated carbocycles. The molecule has 0 bridgehead atoms. The average molecular weight is 338 g/mol. The van der Waals surface area contributed by atoms with E-state index in [1.54, 1.807) is 0 Å². The summed E-state index contributed by atoms with van der Waals surface area (Å²) in [7, 11) is 0. The fourth-order valence-corrected chi connectivity index (χ4v) is 3.11. The Bertz CT molecular complexity index is 685. The van der Waals surface area contributed by atoms with Gasteiger partial charge in [-0.05, 0) is 30.9 Å². The number of rotatable bonds is 5. The van der Waals surface area contributed by atoms with Crippen molar-refractivity contribution in [2.24, 2.45) is 11.8 Å². The molecule has 132 valence electrons. The Morgan fingerprint density at radius 2 is 2.00 bits per heavy atom. The molecule has 0 aliphatic carbocycles. The van der Waals surface area contributed by atoms with Gasteiger partial charge in [-0.25, -0.2) is 0 Å². The van der Waals surface area contributed by atoms with Crippen LogP contribution in [0, 0.1) is 11.8 Å². The summed E-state index contributed by atoms with van der Waals surface area (Å²) in [5, 5.41) is 11.8. The van der Waals surface area contributed by atoms with Crippen LogP contribution in [-0.2, 0) is 4.79 Å². The van der Waals surface area contributed by atoms with E-state index in [-0.39, 0.29) is 11.8 Å². The first-order valence-electron chi connectivity index (χ1n) is 9.05. The molecule has 1 N–H and O–H groups in total. The molecular formula is C20H26N4O. The van der Waals surface area contributed by atoms with Gasteiger partial charge in [0.1, 0.15) is 0 Å². The molecule has 1 saturated heterocycles. The predicted molar refractivity (Wildman–Crippen MR) is 100 cm³/mol. The van der Waals surface area contributed by atoms with Crippen molar-refractivity contribution in [2.45, 2.75) is 26.7 Å². The van der Waals surface area contributed by atoms with Crippen LogP contribution < -0.4 is 10.2 Å². The highest BCUT2D eigenvalue weighted by Gasteiger charge is 2.26. The molecule has 3 rings (SSSR count). The number of hydrogen-bond donors (Lipinski definition) is 1. The number of hydrogen-bond acceptors (Lipinski definition) is 4. The van der Waals surface area contributed by atoms with Crippen molar-refractivity contribution in [3.05, 3.63) is 42.5 Å². The first-order chi connectivity index (χ1) is 12.1. The molecule has 1 amide bonds. The number of nitrogens with zero attached hydrogens (tertiary/aromatic N) is 3. The van der Waals surface area contributed by atoms with E-state index >= 15 is 0 Å². The summed E-state index contributed by atoms with van der Waals surface area (Å²) in [5.74, 6) is 1.51. The number of carbonyl (C=O) groups excluding carboxylic acids is 1. The van der Waals surface area contributed by atoms with Crippen molar-refractivity contribution in [3.8, 4) is 11.3 Å². The lowest BCUT2D eigenvalue weighted by molar-refractivity contribution is -0.125. The summed E-state index contributed by atoms with van der Waals surface area (Å²) >= 11 is 0. The minimum atomic E-state index is 0.0306. The monoisotopic (exact) mass is 338 g/mol. The number of piperidine rings is 1. The first-order valence-corrected chi connectivity index (χ1v) is 9.05. The van der Waals surface area contributed by atoms with E-state index in [4.69, 9.17) is 0 Å². The quantitative estimate of drug-likeness (QED) is 0.910. The Labute approximate surface area is 149 Å². The number of anilines is 1. The molecule has 0 radical (unpaired) electrons. The van der Waals surface area contributed by atoms with Crippen molar-refractivity contribution in [1.82, 2.24) is 15.5 Å². The normalized spacial score (nSPS) is 17.6. The van der Waals surface area contributed by atoms with Crippen LogP contribution >= 0.6 is 0 Å². The Hall–Kier alpha value is -2.43. The summed E-state index contributed by atoms with van der Waals surface area (Å²) in [5.41, 5.74) is 1.93. The van der Waals surface area contributed by atoms with Gasteiger partial charge < -0.3 is 10.2 Å². The van der Waals surface area contributed by atoms with Crippen LogP contribution in [0.2, 0.25) is 0 Å². The molecule has 1 aliphatic rings. The van der Waals surface area contributed by atoms with Crippen LogP contribution in [0.25, 0.3) is 11.3 Å². The highest BCUT2D eigenvalue weighted by molar-refractivity contribution is 5.79. The topological polar surface area (TPSA) is 58.1 Å². The fraction of sp³-hybridized carbons (Fsp3) is 0.450. The molecule has 5 nitrogen and oxygen atoms in total. The van der Waals surface area contributed by atoms with Crippen molar-refractivity contribution >= 4 is 11.7 Å². The molecule has 2 aromatic rings. The number of amides is 1. The van der Waals surface area contributed by atoms with Crippen LogP contribution in [0.1, 0.15) is 26.7 Å². The molecule has 0 spiro atoms. The molecule has 2 heterocycles. The van der Waals surface area contributed by atoms with Gasteiger partial charge in [0.05, 0.1) is 11.6 Å². The standard InChI is InChI=1S/C20H26N4O/c1-15(2)13-21-20(25)17-9-6-12-24(14-17)19-11-10-18(22-23-19)16-7-4-3-5-8-16/h3-5,7-8,10-11,15,17H,6,9,12-14H2,1-2H3,(H,21,25)/t17-/m0/s1. The van der Waals surface area contributed by atoms with Crippen molar-refractivity contribution < 1.29 is 4.79 Å². The van der Waals surface area contributed by atoms with E-state index in [0.29, 0.717) is 12.5 Å². The smallest absolute Gasteiger partial charge is 0.224 e. The Balaban J connectivity index is 1.64. The Morgan fingerprint density at radius 3 is 2.68 bits per heavy atom. The van der Waals surface area contributed by atoms with E-state index in [0.717, 1.165) is 43.0 Å². The van der Waals surface area contributed by atoms with Crippen molar-refractivity contribution in [2.75, 3.05) is 24.5 Å². The second-order valence-corrected chi connectivity index (χ2v) is 7.07. The van der Waals surface area contributed by atoms with Gasteiger partial charge in [-0.1, -0.05) is 44.2 Å². The van der Waals surface area contributed by atoms with Crippen LogP contribution in [0.15, 0.2) is 42.5 Å². The van der Waals surface area contributed by atoms with E-state index < -0.39 is 0 Å². The van der Waals surface area contributed by atoms with Gasteiger partial charge in [-0.2, -0.15) is 0 Å². The lowest BCUT2D eigenvalue weighted by Crippen LogP contribution is -2.44. The van der Waals surface area contributed by atoms with Crippen LogP contribution in [0.5, 0.6) is 0 Å². The zero-order valence-electron chi connectivity index (χ0n) is 15.0. The molecular weight excluding hydrogens is 312 g/mol. The average Bonchev–Trinajstić information content (AvgIpc) is 2.67. The molecule has 1 atom stereocenters. The maximum Gasteiger partial charge on any atom is 0.224 e. The van der Waals surface area contributed by atoms with Gasteiger partial charge in [0, 0.05) is 25.2 Å². The largest absolute Gasteiger partial charge is 0.356 e. The SMILES string of the molecule is CC(C)CNC(=O)[C@H]1CCCN(c2ccc(-c3ccccc3)nn2)C1. The first kappa shape index (κ1) is 17.4. The van der Waals surface area contributed by atoms with Gasteiger partial charge in [0.25, 0.3) is 0 Å². The van der Waals surface area contributed by atoms with Gasteiger partial charge in [-0.3, -0.25) is 4.79 Å². The molecule has 1 aromatic heterocycles. The highest BCUT2D eigenvalue weighted by Crippen LogP contribution is 2.23. The van der Waals surface area contributed by atoms with Crippen LogP contribution in [0.3, 0.4) is 0 Å². The van der Waals surface area contributed by atoms with E-state index in [1.807, 2.05) is 42.5 Å². The maximum absolute atomic E-state index is 12.3. The van der Waals surface area contributed by atoms with Crippen molar-refractivity contribution in [3.63, 3.8) is 0 Å². The number of nitrogens with one attached hydrogen (secondary N) is 1. The lowest BCUT2D eigenvalue weighted by atomic mass is 9.97. The van der Waals surface area contributed by atoms with Gasteiger partial charge in [-0.15, -0.1) is 10.2 Å². The zero-order valence-corrected chi connectivity index (χ0v) is 15.0. The van der Waals surface area contributed by atoms with Crippen LogP contribution in [-0.4, -0.2) is 35.7 Å². The summed E-state index contributed by atoms with van der Waals surface area (Å²) < 4.78 is 0. The van der Waals surface area contributed by atoms with E-state index in [9.17, 15) is 4.79 Å². The molecule has 1 fully saturated rings. The maximum atomic E-state index is 12.3. The summed E-state index contributed by atoms with van der Waals surface area (Å²) in [6.45, 7) is 6.59. The van der Waals surface area contributed by atoms with Crippen molar-refractivity contribution in [1.29, 1.82) is 0 Å². The third kappa shape index (κ3) is 4.56. The summed E-state index contributed by atoms with van der Waals surface area (Å²) in [6, 6.07) is 14.0. The minimum Gasteiger partial charge on any atom is -0.356 e. The number of aromatic nitrogens is 2. The number of benzene rings is 1. The predicted octanol–water partition coefficient (Wildman–Crippen LogP) is 3.13. The highest BCUT2D eigenvalue weighted by atomic mass is 16.1. The minimum absolute atomic E-state index is 0.0306. The zero-order chi connectivity index (χ0) is 17.6. The summed E-state index contributed by atoms with van der Waals surface area (Å²) in [6.07, 6.45) is 1.94.